The van der Waals surface area contributed by atoms with Gasteiger partial charge in [0.25, 0.3) is 5.91 Å². The first-order valence-corrected chi connectivity index (χ1v) is 7.79. The number of benzene rings is 2. The first-order valence-electron chi connectivity index (χ1n) is 7.03. The number of rotatable bonds is 6. The van der Waals surface area contributed by atoms with Crippen molar-refractivity contribution in [3.05, 3.63) is 64.1 Å². The third-order valence-corrected chi connectivity index (χ3v) is 3.74. The molecule has 0 aliphatic carbocycles. The Labute approximate surface area is 140 Å². The lowest BCUT2D eigenvalue weighted by Crippen LogP contribution is -2.37. The Bertz CT molecular complexity index is 632. The van der Waals surface area contributed by atoms with Crippen LogP contribution in [0.1, 0.15) is 18.9 Å². The van der Waals surface area contributed by atoms with E-state index in [-0.39, 0.29) is 5.91 Å². The average molecular weight is 338 g/mol. The predicted octanol–water partition coefficient (Wildman–Crippen LogP) is 4.47. The average Bonchev–Trinajstić information content (AvgIpc) is 2.52. The molecule has 0 heterocycles. The molecule has 0 aliphatic rings. The number of carbonyl (C=O) groups excluding carboxylic acids is 1. The van der Waals surface area contributed by atoms with Gasteiger partial charge in [0.2, 0.25) is 0 Å². The van der Waals surface area contributed by atoms with Crippen molar-refractivity contribution in [1.82, 2.24) is 5.32 Å². The quantitative estimate of drug-likeness (QED) is 0.844. The molecule has 0 unspecified atom stereocenters. The molecule has 0 bridgehead atoms. The smallest absolute Gasteiger partial charge is 0.261 e. The van der Waals surface area contributed by atoms with Gasteiger partial charge in [-0.05, 0) is 36.2 Å². The molecule has 0 radical (unpaired) electrons. The largest absolute Gasteiger partial charge is 0.481 e. The second-order valence-corrected chi connectivity index (χ2v) is 5.62. The van der Waals surface area contributed by atoms with Crippen molar-refractivity contribution in [2.24, 2.45) is 0 Å². The SMILES string of the molecule is CC[C@H](Oc1ccccc1)C(=O)NCc1ccc(Cl)cc1Cl. The molecule has 1 amide bonds. The molecule has 2 aromatic rings. The molecule has 0 spiro atoms. The van der Waals surface area contributed by atoms with E-state index in [1.807, 2.05) is 37.3 Å². The van der Waals surface area contributed by atoms with Gasteiger partial charge in [-0.3, -0.25) is 4.79 Å². The molecule has 3 nitrogen and oxygen atoms in total. The lowest BCUT2D eigenvalue weighted by atomic mass is 10.2. The molecule has 116 valence electrons. The molecule has 2 rings (SSSR count). The van der Waals surface area contributed by atoms with Gasteiger partial charge in [0.15, 0.2) is 6.10 Å². The molecule has 1 N–H and O–H groups in total. The van der Waals surface area contributed by atoms with E-state index >= 15 is 0 Å². The summed E-state index contributed by atoms with van der Waals surface area (Å²) < 4.78 is 5.70. The van der Waals surface area contributed by atoms with Crippen LogP contribution in [0, 0.1) is 0 Å². The van der Waals surface area contributed by atoms with Gasteiger partial charge < -0.3 is 10.1 Å². The Morgan fingerprint density at radius 3 is 2.55 bits per heavy atom. The van der Waals surface area contributed by atoms with Crippen LogP contribution in [0.3, 0.4) is 0 Å². The van der Waals surface area contributed by atoms with E-state index in [1.54, 1.807) is 18.2 Å². The molecule has 0 aromatic heterocycles. The Morgan fingerprint density at radius 2 is 1.91 bits per heavy atom. The van der Waals surface area contributed by atoms with Crippen LogP contribution in [0.15, 0.2) is 48.5 Å². The van der Waals surface area contributed by atoms with Crippen LogP contribution in [-0.4, -0.2) is 12.0 Å². The summed E-state index contributed by atoms with van der Waals surface area (Å²) in [6.45, 7) is 2.24. The summed E-state index contributed by atoms with van der Waals surface area (Å²) in [7, 11) is 0. The first kappa shape index (κ1) is 16.7. The third-order valence-electron chi connectivity index (χ3n) is 3.15. The van der Waals surface area contributed by atoms with E-state index in [9.17, 15) is 4.79 Å². The maximum Gasteiger partial charge on any atom is 0.261 e. The highest BCUT2D eigenvalue weighted by atomic mass is 35.5. The molecular weight excluding hydrogens is 321 g/mol. The van der Waals surface area contributed by atoms with E-state index in [1.165, 1.54) is 0 Å². The fraction of sp³-hybridized carbons (Fsp3) is 0.235. The molecule has 2 aromatic carbocycles. The number of para-hydroxylation sites is 1. The van der Waals surface area contributed by atoms with Crippen molar-refractivity contribution in [3.63, 3.8) is 0 Å². The van der Waals surface area contributed by atoms with Crippen molar-refractivity contribution < 1.29 is 9.53 Å². The summed E-state index contributed by atoms with van der Waals surface area (Å²) >= 11 is 11.9. The highest BCUT2D eigenvalue weighted by Gasteiger charge is 2.18. The summed E-state index contributed by atoms with van der Waals surface area (Å²) in [4.78, 5) is 12.2. The molecule has 1 atom stereocenters. The summed E-state index contributed by atoms with van der Waals surface area (Å²) in [6, 6.07) is 14.5. The zero-order chi connectivity index (χ0) is 15.9. The van der Waals surface area contributed by atoms with Gasteiger partial charge in [0.1, 0.15) is 5.75 Å². The van der Waals surface area contributed by atoms with Crippen LogP contribution in [0.2, 0.25) is 10.0 Å². The van der Waals surface area contributed by atoms with Gasteiger partial charge in [-0.15, -0.1) is 0 Å². The van der Waals surface area contributed by atoms with Crippen LogP contribution < -0.4 is 10.1 Å². The number of hydrogen-bond acceptors (Lipinski definition) is 2. The van der Waals surface area contributed by atoms with E-state index in [4.69, 9.17) is 27.9 Å². The van der Waals surface area contributed by atoms with Crippen LogP contribution >= 0.6 is 23.2 Å². The molecule has 0 fully saturated rings. The molecule has 0 aliphatic heterocycles. The first-order chi connectivity index (χ1) is 10.6. The van der Waals surface area contributed by atoms with Crippen LogP contribution in [0.25, 0.3) is 0 Å². The van der Waals surface area contributed by atoms with Gasteiger partial charge >= 0.3 is 0 Å². The van der Waals surface area contributed by atoms with E-state index < -0.39 is 6.10 Å². The highest BCUT2D eigenvalue weighted by molar-refractivity contribution is 6.35. The number of nitrogens with one attached hydrogen (secondary N) is 1. The van der Waals surface area contributed by atoms with E-state index in [0.29, 0.717) is 28.8 Å². The third kappa shape index (κ3) is 4.65. The molecule has 0 saturated heterocycles. The van der Waals surface area contributed by atoms with Crippen LogP contribution in [-0.2, 0) is 11.3 Å². The number of ether oxygens (including phenoxy) is 1. The Kier molecular flexibility index (Phi) is 6.10. The molecule has 5 heteroatoms. The number of carbonyl (C=O) groups is 1. The van der Waals surface area contributed by atoms with Gasteiger partial charge in [0.05, 0.1) is 0 Å². The highest BCUT2D eigenvalue weighted by Crippen LogP contribution is 2.21. The predicted molar refractivity (Wildman–Crippen MR) is 89.5 cm³/mol. The molecule has 22 heavy (non-hydrogen) atoms. The van der Waals surface area contributed by atoms with Crippen molar-refractivity contribution in [1.29, 1.82) is 0 Å². The normalized spacial score (nSPS) is 11.8. The Hall–Kier alpha value is -1.71. The Morgan fingerprint density at radius 1 is 1.18 bits per heavy atom. The van der Waals surface area contributed by atoms with Crippen molar-refractivity contribution in [3.8, 4) is 5.75 Å². The summed E-state index contributed by atoms with van der Waals surface area (Å²) in [5, 5.41) is 3.94. The summed E-state index contributed by atoms with van der Waals surface area (Å²) in [5.41, 5.74) is 0.814. The zero-order valence-electron chi connectivity index (χ0n) is 12.2. The minimum atomic E-state index is -0.534. The number of halogens is 2. The van der Waals surface area contributed by atoms with Gasteiger partial charge in [0, 0.05) is 16.6 Å². The maximum atomic E-state index is 12.2. The van der Waals surface area contributed by atoms with Crippen molar-refractivity contribution in [2.45, 2.75) is 26.0 Å². The minimum Gasteiger partial charge on any atom is -0.481 e. The topological polar surface area (TPSA) is 38.3 Å². The van der Waals surface area contributed by atoms with Crippen molar-refractivity contribution >= 4 is 29.1 Å². The van der Waals surface area contributed by atoms with Crippen LogP contribution in [0.5, 0.6) is 5.75 Å². The van der Waals surface area contributed by atoms with Gasteiger partial charge in [-0.25, -0.2) is 0 Å². The standard InChI is InChI=1S/C17H17Cl2NO2/c1-2-16(22-14-6-4-3-5-7-14)17(21)20-11-12-8-9-13(18)10-15(12)19/h3-10,16H,2,11H2,1H3,(H,20,21)/t16-/m0/s1. The number of amides is 1. The van der Waals surface area contributed by atoms with Gasteiger partial charge in [-0.2, -0.15) is 0 Å². The summed E-state index contributed by atoms with van der Waals surface area (Å²) in [5.74, 6) is 0.506. The fourth-order valence-corrected chi connectivity index (χ4v) is 2.42. The van der Waals surface area contributed by atoms with Gasteiger partial charge in [-0.1, -0.05) is 54.4 Å². The second kappa shape index (κ2) is 8.06. The molecule has 0 saturated carbocycles. The second-order valence-electron chi connectivity index (χ2n) is 4.78. The van der Waals surface area contributed by atoms with Crippen LogP contribution in [0.4, 0.5) is 0 Å². The minimum absolute atomic E-state index is 0.169. The van der Waals surface area contributed by atoms with E-state index in [0.717, 1.165) is 5.56 Å². The van der Waals surface area contributed by atoms with E-state index in [2.05, 4.69) is 5.32 Å². The lowest BCUT2D eigenvalue weighted by Gasteiger charge is -2.17. The summed E-state index contributed by atoms with van der Waals surface area (Å²) in [6.07, 6.45) is 0.0446. The fourth-order valence-electron chi connectivity index (χ4n) is 1.95. The number of hydrogen-bond donors (Lipinski definition) is 1. The molecular formula is C17H17Cl2NO2. The van der Waals surface area contributed by atoms with Crippen molar-refractivity contribution in [2.75, 3.05) is 0 Å². The maximum absolute atomic E-state index is 12.2. The Balaban J connectivity index is 1.94. The lowest BCUT2D eigenvalue weighted by molar-refractivity contribution is -0.128. The monoisotopic (exact) mass is 337 g/mol. The zero-order valence-corrected chi connectivity index (χ0v) is 13.7.